The van der Waals surface area contributed by atoms with E-state index in [-0.39, 0.29) is 0 Å². The minimum Gasteiger partial charge on any atom is -0.354 e. The number of benzene rings is 4. The summed E-state index contributed by atoms with van der Waals surface area (Å²) in [5.41, 5.74) is 15.1. The molecule has 4 aromatic carbocycles. The monoisotopic (exact) mass is 401 g/mol. The van der Waals surface area contributed by atoms with Gasteiger partial charge in [-0.2, -0.15) is 0 Å². The highest BCUT2D eigenvalue weighted by atomic mass is 14.9. The first-order chi connectivity index (χ1) is 15.0. The highest BCUT2D eigenvalue weighted by Gasteiger charge is 2.27. The van der Waals surface area contributed by atoms with Gasteiger partial charge in [0.1, 0.15) is 0 Å². The van der Waals surface area contributed by atoms with Crippen LogP contribution in [0.25, 0.3) is 11.1 Å². The molecule has 1 nitrogen and oxygen atoms in total. The molecule has 1 aliphatic heterocycles. The molecule has 0 fully saturated rings. The molecule has 0 amide bonds. The van der Waals surface area contributed by atoms with E-state index in [1.54, 1.807) is 0 Å². The molecule has 4 aromatic rings. The zero-order chi connectivity index (χ0) is 21.5. The van der Waals surface area contributed by atoms with Crippen molar-refractivity contribution in [2.75, 3.05) is 5.32 Å². The van der Waals surface area contributed by atoms with Crippen LogP contribution in [0.15, 0.2) is 84.9 Å². The molecule has 1 N–H and O–H groups in total. The fraction of sp³-hybridized carbons (Fsp3) is 0.133. The number of hydrogen-bond donors (Lipinski definition) is 1. The molecule has 0 bridgehead atoms. The molecule has 0 aromatic heterocycles. The average Bonchev–Trinajstić information content (AvgIpc) is 2.76. The van der Waals surface area contributed by atoms with Crippen molar-refractivity contribution in [2.24, 2.45) is 0 Å². The van der Waals surface area contributed by atoms with E-state index in [2.05, 4.69) is 118 Å². The molecule has 1 heterocycles. The molecule has 0 radical (unpaired) electrons. The van der Waals surface area contributed by atoms with Crippen molar-refractivity contribution >= 4 is 22.5 Å². The lowest BCUT2D eigenvalue weighted by Gasteiger charge is -2.30. The van der Waals surface area contributed by atoms with Gasteiger partial charge in [0.15, 0.2) is 0 Å². The van der Waals surface area contributed by atoms with Gasteiger partial charge in [-0.25, -0.2) is 0 Å². The van der Waals surface area contributed by atoms with Gasteiger partial charge in [0.2, 0.25) is 0 Å². The fourth-order valence-corrected chi connectivity index (χ4v) is 4.87. The summed E-state index contributed by atoms with van der Waals surface area (Å²) in [6.07, 6.45) is 0. The van der Waals surface area contributed by atoms with Gasteiger partial charge in [0.25, 0.3) is 0 Å². The lowest BCUT2D eigenvalue weighted by molar-refractivity contribution is 1.28. The molecule has 0 unspecified atom stereocenters. The summed E-state index contributed by atoms with van der Waals surface area (Å²) in [5, 5.41) is 3.79. The topological polar surface area (TPSA) is 12.0 Å². The van der Waals surface area contributed by atoms with Gasteiger partial charge in [-0.05, 0) is 67.7 Å². The van der Waals surface area contributed by atoms with Crippen molar-refractivity contribution in [3.8, 4) is 0 Å². The predicted molar refractivity (Wildman–Crippen MR) is 133 cm³/mol. The Bertz CT molecular complexity index is 1210. The van der Waals surface area contributed by atoms with Crippen LogP contribution >= 0.6 is 0 Å². The number of nitrogens with one attached hydrogen (secondary N) is 1. The van der Waals surface area contributed by atoms with Crippen LogP contribution in [0.3, 0.4) is 0 Å². The summed E-state index contributed by atoms with van der Waals surface area (Å²) >= 11 is 0. The maximum absolute atomic E-state index is 3.79. The zero-order valence-corrected chi connectivity index (χ0v) is 18.6. The van der Waals surface area contributed by atoms with Gasteiger partial charge in [-0.1, -0.05) is 83.9 Å². The standard InChI is InChI=1S/C30H27N/c1-19-15-21(3)29-25(17-19)28(26-18-20(2)16-22(4)30(26)31-29)27(23-11-7-5-8-12-23)24-13-9-6-10-14-24/h5-18,31H,1-4H3. The first-order valence-corrected chi connectivity index (χ1v) is 10.9. The van der Waals surface area contributed by atoms with E-state index in [0.29, 0.717) is 0 Å². The van der Waals surface area contributed by atoms with E-state index in [1.807, 2.05) is 0 Å². The fourth-order valence-electron chi connectivity index (χ4n) is 4.87. The summed E-state index contributed by atoms with van der Waals surface area (Å²) in [7, 11) is 0. The minimum atomic E-state index is 1.21. The molecule has 0 saturated heterocycles. The first kappa shape index (κ1) is 19.4. The van der Waals surface area contributed by atoms with Crippen molar-refractivity contribution in [1.82, 2.24) is 0 Å². The number of hydrogen-bond acceptors (Lipinski definition) is 1. The van der Waals surface area contributed by atoms with E-state index >= 15 is 0 Å². The Morgan fingerprint density at radius 1 is 0.548 bits per heavy atom. The number of anilines is 2. The van der Waals surface area contributed by atoms with Crippen LogP contribution < -0.4 is 5.32 Å². The van der Waals surface area contributed by atoms with E-state index < -0.39 is 0 Å². The minimum absolute atomic E-state index is 1.21. The maximum Gasteiger partial charge on any atom is 0.0494 e. The van der Waals surface area contributed by atoms with Gasteiger partial charge in [-0.15, -0.1) is 0 Å². The molecule has 5 rings (SSSR count). The van der Waals surface area contributed by atoms with Gasteiger partial charge in [0.05, 0.1) is 0 Å². The molecule has 0 spiro atoms. The molecular formula is C30H27N. The normalized spacial score (nSPS) is 12.1. The van der Waals surface area contributed by atoms with Crippen LogP contribution in [0, 0.1) is 27.7 Å². The summed E-state index contributed by atoms with van der Waals surface area (Å²) in [5.74, 6) is 0. The average molecular weight is 402 g/mol. The Labute approximate surface area is 185 Å². The third-order valence-corrected chi connectivity index (χ3v) is 6.12. The largest absolute Gasteiger partial charge is 0.354 e. The molecule has 0 saturated carbocycles. The van der Waals surface area contributed by atoms with Crippen LogP contribution in [-0.4, -0.2) is 0 Å². The predicted octanol–water partition coefficient (Wildman–Crippen LogP) is 7.98. The van der Waals surface area contributed by atoms with Crippen LogP contribution in [-0.2, 0) is 0 Å². The van der Waals surface area contributed by atoms with E-state index in [1.165, 1.54) is 67.0 Å². The Balaban J connectivity index is 1.98. The van der Waals surface area contributed by atoms with Crippen LogP contribution in [0.1, 0.15) is 44.5 Å². The van der Waals surface area contributed by atoms with E-state index in [9.17, 15) is 0 Å². The molecule has 31 heavy (non-hydrogen) atoms. The smallest absolute Gasteiger partial charge is 0.0494 e. The lowest BCUT2D eigenvalue weighted by Crippen LogP contribution is -2.12. The lowest BCUT2D eigenvalue weighted by atomic mass is 9.80. The van der Waals surface area contributed by atoms with Gasteiger partial charge in [-0.3, -0.25) is 0 Å². The highest BCUT2D eigenvalue weighted by molar-refractivity contribution is 6.12. The summed E-state index contributed by atoms with van der Waals surface area (Å²) in [4.78, 5) is 0. The van der Waals surface area contributed by atoms with Gasteiger partial charge < -0.3 is 5.32 Å². The van der Waals surface area contributed by atoms with Crippen molar-refractivity contribution in [3.63, 3.8) is 0 Å². The van der Waals surface area contributed by atoms with Gasteiger partial charge >= 0.3 is 0 Å². The van der Waals surface area contributed by atoms with E-state index in [4.69, 9.17) is 0 Å². The highest BCUT2D eigenvalue weighted by Crippen LogP contribution is 2.48. The van der Waals surface area contributed by atoms with Crippen molar-refractivity contribution < 1.29 is 0 Å². The second-order valence-electron chi connectivity index (χ2n) is 8.62. The van der Waals surface area contributed by atoms with Crippen molar-refractivity contribution in [2.45, 2.75) is 27.7 Å². The second-order valence-corrected chi connectivity index (χ2v) is 8.62. The SMILES string of the molecule is Cc1cc(C)c2c(c1)C(=C(c1ccccc1)c1ccccc1)c1cc(C)cc(C)c1N2. The molecular weight excluding hydrogens is 374 g/mol. The van der Waals surface area contributed by atoms with Crippen LogP contribution in [0.2, 0.25) is 0 Å². The third kappa shape index (κ3) is 3.37. The van der Waals surface area contributed by atoms with Crippen LogP contribution in [0.5, 0.6) is 0 Å². The molecule has 0 aliphatic carbocycles. The van der Waals surface area contributed by atoms with Crippen molar-refractivity contribution in [1.29, 1.82) is 0 Å². The first-order valence-electron chi connectivity index (χ1n) is 10.9. The number of rotatable bonds is 2. The molecule has 1 heteroatoms. The van der Waals surface area contributed by atoms with E-state index in [0.717, 1.165) is 0 Å². The Hall–Kier alpha value is -3.58. The second kappa shape index (κ2) is 7.59. The summed E-state index contributed by atoms with van der Waals surface area (Å²) in [6, 6.07) is 30.8. The molecule has 152 valence electrons. The van der Waals surface area contributed by atoms with Crippen LogP contribution in [0.4, 0.5) is 11.4 Å². The zero-order valence-electron chi connectivity index (χ0n) is 18.6. The summed E-state index contributed by atoms with van der Waals surface area (Å²) in [6.45, 7) is 8.78. The Kier molecular flexibility index (Phi) is 4.75. The quantitative estimate of drug-likeness (QED) is 0.316. The Morgan fingerprint density at radius 2 is 0.968 bits per heavy atom. The number of fused-ring (bicyclic) bond motifs is 2. The number of aryl methyl sites for hydroxylation is 4. The maximum atomic E-state index is 3.79. The molecule has 0 atom stereocenters. The third-order valence-electron chi connectivity index (χ3n) is 6.12. The Morgan fingerprint density at radius 3 is 1.39 bits per heavy atom. The van der Waals surface area contributed by atoms with Crippen molar-refractivity contribution in [3.05, 3.63) is 129 Å². The summed E-state index contributed by atoms with van der Waals surface area (Å²) < 4.78 is 0. The van der Waals surface area contributed by atoms with Gasteiger partial charge in [0, 0.05) is 28.1 Å². The molecule has 1 aliphatic rings.